The zero-order valence-corrected chi connectivity index (χ0v) is 18.5. The molecule has 12 heteroatoms. The molecule has 0 fully saturated rings. The van der Waals surface area contributed by atoms with Gasteiger partial charge in [0.05, 0.1) is 0 Å². The van der Waals surface area contributed by atoms with Crippen molar-refractivity contribution in [1.29, 1.82) is 0 Å². The van der Waals surface area contributed by atoms with Crippen molar-refractivity contribution in [3.05, 3.63) is 35.9 Å². The van der Waals surface area contributed by atoms with E-state index in [0.29, 0.717) is 0 Å². The summed E-state index contributed by atoms with van der Waals surface area (Å²) in [5.74, 6) is -1.70. The first-order valence-electron chi connectivity index (χ1n) is 9.61. The highest BCUT2D eigenvalue weighted by Gasteiger charge is 2.24. The van der Waals surface area contributed by atoms with Crippen molar-refractivity contribution in [3.8, 4) is 0 Å². The minimum absolute atomic E-state index is 0.0207. The summed E-state index contributed by atoms with van der Waals surface area (Å²) < 4.78 is 5.04. The third kappa shape index (κ3) is 10.7. The highest BCUT2D eigenvalue weighted by molar-refractivity contribution is 7.45. The van der Waals surface area contributed by atoms with E-state index in [1.807, 2.05) is 18.2 Å². The van der Waals surface area contributed by atoms with Gasteiger partial charge in [-0.15, -0.1) is 0 Å². The van der Waals surface area contributed by atoms with Crippen LogP contribution in [0.5, 0.6) is 0 Å². The van der Waals surface area contributed by atoms with Crippen LogP contribution >= 0.6 is 8.38 Å². The summed E-state index contributed by atoms with van der Waals surface area (Å²) in [6.45, 7) is 4.45. The molecular weight excluding hydrogens is 427 g/mol. The molecule has 1 aromatic rings. The summed E-state index contributed by atoms with van der Waals surface area (Å²) in [4.78, 5) is 65.7. The van der Waals surface area contributed by atoms with Crippen LogP contribution in [0.25, 0.3) is 0 Å². The minimum Gasteiger partial charge on any atom is -0.445 e. The van der Waals surface area contributed by atoms with E-state index < -0.39 is 50.3 Å². The van der Waals surface area contributed by atoms with Crippen LogP contribution in [0.15, 0.2) is 30.3 Å². The Labute approximate surface area is 181 Å². The molecule has 0 radical (unpaired) electrons. The second kappa shape index (κ2) is 13.5. The van der Waals surface area contributed by atoms with Crippen molar-refractivity contribution in [2.45, 2.75) is 45.5 Å². The van der Waals surface area contributed by atoms with Gasteiger partial charge in [0.1, 0.15) is 24.7 Å². The first kappa shape index (κ1) is 26.3. The van der Waals surface area contributed by atoms with Crippen LogP contribution in [0, 0.1) is 0 Å². The molecule has 1 aromatic carbocycles. The average molecular weight is 456 g/mol. The van der Waals surface area contributed by atoms with Gasteiger partial charge < -0.3 is 35.8 Å². The predicted octanol–water partition coefficient (Wildman–Crippen LogP) is -0.277. The normalized spacial score (nSPS) is 13.5. The summed E-state index contributed by atoms with van der Waals surface area (Å²) in [5.41, 5.74) is 0.798. The van der Waals surface area contributed by atoms with E-state index >= 15 is 0 Å². The molecule has 0 saturated carbocycles. The van der Waals surface area contributed by atoms with Gasteiger partial charge in [0, 0.05) is 12.7 Å². The van der Waals surface area contributed by atoms with E-state index in [0.717, 1.165) is 5.56 Å². The molecule has 0 heterocycles. The Morgan fingerprint density at radius 1 is 0.871 bits per heavy atom. The Morgan fingerprint density at radius 2 is 1.39 bits per heavy atom. The molecule has 31 heavy (non-hydrogen) atoms. The molecule has 1 rings (SSSR count). The van der Waals surface area contributed by atoms with Gasteiger partial charge in [-0.3, -0.25) is 14.4 Å². The number of carbonyl (C=O) groups is 4. The van der Waals surface area contributed by atoms with Gasteiger partial charge in [0.2, 0.25) is 17.7 Å². The zero-order valence-electron chi connectivity index (χ0n) is 17.6. The fourth-order valence-corrected chi connectivity index (χ4v) is 2.56. The number of alkyl carbamates (subject to hydrolysis) is 1. The summed E-state index contributed by atoms with van der Waals surface area (Å²) in [7, 11) is -2.10. The van der Waals surface area contributed by atoms with Crippen LogP contribution in [0.2, 0.25) is 0 Å². The Kier molecular flexibility index (Phi) is 11.5. The second-order valence-corrected chi connectivity index (χ2v) is 7.97. The van der Waals surface area contributed by atoms with E-state index in [2.05, 4.69) is 21.3 Å². The molecule has 0 spiro atoms. The van der Waals surface area contributed by atoms with Crippen molar-refractivity contribution in [2.24, 2.45) is 0 Å². The van der Waals surface area contributed by atoms with Gasteiger partial charge in [-0.05, 0) is 26.3 Å². The topological polar surface area (TPSA) is 166 Å². The van der Waals surface area contributed by atoms with Gasteiger partial charge in [0.15, 0.2) is 8.38 Å². The van der Waals surface area contributed by atoms with Crippen molar-refractivity contribution in [3.63, 3.8) is 0 Å². The van der Waals surface area contributed by atoms with Gasteiger partial charge in [0.25, 0.3) is 0 Å². The first-order valence-corrected chi connectivity index (χ1v) is 11.0. The monoisotopic (exact) mass is 456 g/mol. The quantitative estimate of drug-likeness (QED) is 0.249. The lowest BCUT2D eigenvalue weighted by Gasteiger charge is -2.20. The van der Waals surface area contributed by atoms with Crippen molar-refractivity contribution in [1.82, 2.24) is 21.3 Å². The van der Waals surface area contributed by atoms with Crippen LogP contribution in [0.1, 0.15) is 26.3 Å². The Hall–Kier alpha value is -2.75. The predicted molar refractivity (Wildman–Crippen MR) is 114 cm³/mol. The molecule has 0 unspecified atom stereocenters. The van der Waals surface area contributed by atoms with E-state index in [4.69, 9.17) is 14.5 Å². The maximum absolute atomic E-state index is 12.2. The van der Waals surface area contributed by atoms with Gasteiger partial charge >= 0.3 is 6.09 Å². The average Bonchev–Trinajstić information content (AvgIpc) is 2.72. The second-order valence-electron chi connectivity index (χ2n) is 6.78. The molecule has 0 aliphatic heterocycles. The number of ether oxygens (including phenoxy) is 1. The van der Waals surface area contributed by atoms with Crippen molar-refractivity contribution >= 4 is 32.2 Å². The van der Waals surface area contributed by atoms with Gasteiger partial charge in [-0.2, -0.15) is 0 Å². The third-order valence-corrected chi connectivity index (χ3v) is 4.68. The minimum atomic E-state index is -2.10. The molecule has 11 nitrogen and oxygen atoms in total. The summed E-state index contributed by atoms with van der Waals surface area (Å²) >= 11 is 0. The number of nitrogens with one attached hydrogen (secondary N) is 4. The summed E-state index contributed by atoms with van der Waals surface area (Å²) in [6, 6.07) is 6.24. The maximum Gasteiger partial charge on any atom is 0.408 e. The number of benzene rings is 1. The molecule has 6 N–H and O–H groups in total. The van der Waals surface area contributed by atoms with Crippen molar-refractivity contribution in [2.75, 3.05) is 12.7 Å². The van der Waals surface area contributed by atoms with E-state index in [1.165, 1.54) is 20.8 Å². The first-order chi connectivity index (χ1) is 14.6. The fraction of sp³-hybridized carbons (Fsp3) is 0.474. The maximum atomic E-state index is 12.2. The lowest BCUT2D eigenvalue weighted by atomic mass is 10.2. The van der Waals surface area contributed by atoms with Crippen LogP contribution in [0.3, 0.4) is 0 Å². The SMILES string of the molecule is C[C@H](NC(=O)OCc1ccccc1)C(=O)N[C@@H](C)C(=O)N[C@@H](C)C(=O)NCCP(O)O. The van der Waals surface area contributed by atoms with Crippen LogP contribution in [-0.4, -0.2) is 64.4 Å². The number of carbonyl (C=O) groups excluding carboxylic acids is 4. The number of hydrogen-bond donors (Lipinski definition) is 6. The highest BCUT2D eigenvalue weighted by atomic mass is 31.2. The summed E-state index contributed by atoms with van der Waals surface area (Å²) in [6.07, 6.45) is -0.754. The molecule has 0 bridgehead atoms. The van der Waals surface area contributed by atoms with Crippen LogP contribution in [0.4, 0.5) is 4.79 Å². The highest BCUT2D eigenvalue weighted by Crippen LogP contribution is 2.20. The van der Waals surface area contributed by atoms with E-state index in [-0.39, 0.29) is 19.3 Å². The Balaban J connectivity index is 2.37. The smallest absolute Gasteiger partial charge is 0.408 e. The fourth-order valence-electron chi connectivity index (χ4n) is 2.25. The van der Waals surface area contributed by atoms with Crippen LogP contribution in [-0.2, 0) is 25.7 Å². The van der Waals surface area contributed by atoms with Crippen molar-refractivity contribution < 1.29 is 33.7 Å². The van der Waals surface area contributed by atoms with E-state index in [9.17, 15) is 19.2 Å². The molecule has 0 aromatic heterocycles. The number of hydrogen-bond acceptors (Lipinski definition) is 7. The molecule has 0 saturated heterocycles. The summed E-state index contributed by atoms with van der Waals surface area (Å²) in [5, 5.41) is 9.72. The standard InChI is InChI=1S/C19H29N4O7P/c1-12(16(24)20-9-10-31(28)29)21-17(25)13(2)22-18(26)14(3)23-19(27)30-11-15-7-5-4-6-8-15/h4-8,12-14,28-29H,9-11H2,1-3H3,(H,20,24)(H,21,25)(H,22,26)(H,23,27)/t12-,13-,14-/m0/s1. The largest absolute Gasteiger partial charge is 0.445 e. The van der Waals surface area contributed by atoms with Gasteiger partial charge in [-0.1, -0.05) is 30.3 Å². The molecule has 4 amide bonds. The molecule has 172 valence electrons. The molecule has 3 atom stereocenters. The Bertz CT molecular complexity index is 748. The number of amides is 4. The third-order valence-electron chi connectivity index (χ3n) is 4.06. The van der Waals surface area contributed by atoms with Crippen LogP contribution < -0.4 is 21.3 Å². The lowest BCUT2D eigenvalue weighted by molar-refractivity contribution is -0.131. The number of rotatable bonds is 11. The zero-order chi connectivity index (χ0) is 23.4. The molecule has 0 aliphatic carbocycles. The van der Waals surface area contributed by atoms with E-state index in [1.54, 1.807) is 12.1 Å². The molecule has 0 aliphatic rings. The lowest BCUT2D eigenvalue weighted by Crippen LogP contribution is -2.54. The molecular formula is C19H29N4O7P. The Morgan fingerprint density at radius 3 is 1.94 bits per heavy atom. The van der Waals surface area contributed by atoms with Gasteiger partial charge in [-0.25, -0.2) is 4.79 Å².